The van der Waals surface area contributed by atoms with Gasteiger partial charge >= 0.3 is 0 Å². The average molecular weight is 388 g/mol. The van der Waals surface area contributed by atoms with Gasteiger partial charge in [-0.05, 0) is 42.5 Å². The minimum atomic E-state index is 0.238. The van der Waals surface area contributed by atoms with Crippen molar-refractivity contribution in [3.05, 3.63) is 48.7 Å². The van der Waals surface area contributed by atoms with Gasteiger partial charge in [-0.25, -0.2) is 4.98 Å². The Morgan fingerprint density at radius 1 is 0.759 bits per heavy atom. The van der Waals surface area contributed by atoms with Crippen LogP contribution in [0.4, 0.5) is 0 Å². The van der Waals surface area contributed by atoms with E-state index < -0.39 is 0 Å². The summed E-state index contributed by atoms with van der Waals surface area (Å²) in [6.45, 7) is 1.52. The Bertz CT molecular complexity index is 1240. The SMILES string of the molecule is c1cc(-c2ccc3c(c2)OCO3)n2nc(-c3ccc4c(c3)OCCCO4)nc2n1. The molecule has 0 radical (unpaired) electrons. The van der Waals surface area contributed by atoms with Crippen molar-refractivity contribution in [3.8, 4) is 45.6 Å². The molecule has 2 aromatic heterocycles. The number of hydrogen-bond acceptors (Lipinski definition) is 7. The molecule has 0 unspecified atom stereocenters. The van der Waals surface area contributed by atoms with Crippen LogP contribution in [0.5, 0.6) is 23.0 Å². The molecule has 0 N–H and O–H groups in total. The lowest BCUT2D eigenvalue weighted by Crippen LogP contribution is -1.97. The summed E-state index contributed by atoms with van der Waals surface area (Å²) in [6, 6.07) is 13.4. The van der Waals surface area contributed by atoms with Crippen molar-refractivity contribution in [2.75, 3.05) is 20.0 Å². The van der Waals surface area contributed by atoms with E-state index in [1.54, 1.807) is 10.7 Å². The zero-order chi connectivity index (χ0) is 19.2. The van der Waals surface area contributed by atoms with Crippen LogP contribution in [-0.4, -0.2) is 39.6 Å². The van der Waals surface area contributed by atoms with Gasteiger partial charge in [-0.3, -0.25) is 0 Å². The molecule has 4 aromatic rings. The van der Waals surface area contributed by atoms with Crippen molar-refractivity contribution < 1.29 is 18.9 Å². The number of benzene rings is 2. The molecule has 2 aromatic carbocycles. The summed E-state index contributed by atoms with van der Waals surface area (Å²) in [7, 11) is 0. The molecule has 0 aliphatic carbocycles. The van der Waals surface area contributed by atoms with E-state index in [0.29, 0.717) is 30.6 Å². The molecule has 0 atom stereocenters. The Hall–Kier alpha value is -3.81. The van der Waals surface area contributed by atoms with Gasteiger partial charge in [0.25, 0.3) is 5.78 Å². The van der Waals surface area contributed by atoms with Crippen molar-refractivity contribution in [3.63, 3.8) is 0 Å². The maximum atomic E-state index is 5.79. The topological polar surface area (TPSA) is 80.0 Å². The number of aromatic nitrogens is 4. The number of hydrogen-bond donors (Lipinski definition) is 0. The predicted molar refractivity (Wildman–Crippen MR) is 103 cm³/mol. The Balaban J connectivity index is 1.44. The first-order valence-corrected chi connectivity index (χ1v) is 9.37. The van der Waals surface area contributed by atoms with Crippen LogP contribution in [0.3, 0.4) is 0 Å². The van der Waals surface area contributed by atoms with Gasteiger partial charge in [-0.15, -0.1) is 5.10 Å². The Morgan fingerprint density at radius 3 is 2.41 bits per heavy atom. The quantitative estimate of drug-likeness (QED) is 0.521. The molecule has 0 saturated carbocycles. The first kappa shape index (κ1) is 16.2. The minimum Gasteiger partial charge on any atom is -0.490 e. The molecule has 2 aliphatic rings. The molecule has 29 heavy (non-hydrogen) atoms. The number of fused-ring (bicyclic) bond motifs is 3. The van der Waals surface area contributed by atoms with Gasteiger partial charge in [0.05, 0.1) is 18.9 Å². The van der Waals surface area contributed by atoms with Crippen LogP contribution >= 0.6 is 0 Å². The molecule has 6 rings (SSSR count). The Morgan fingerprint density at radius 2 is 1.48 bits per heavy atom. The largest absolute Gasteiger partial charge is 0.490 e. The zero-order valence-corrected chi connectivity index (χ0v) is 15.4. The highest BCUT2D eigenvalue weighted by Crippen LogP contribution is 2.36. The monoisotopic (exact) mass is 388 g/mol. The highest BCUT2D eigenvalue weighted by molar-refractivity contribution is 5.68. The van der Waals surface area contributed by atoms with Gasteiger partial charge < -0.3 is 18.9 Å². The molecule has 0 fully saturated rings. The predicted octanol–water partition coefficient (Wildman–Crippen LogP) is 3.35. The van der Waals surface area contributed by atoms with E-state index in [2.05, 4.69) is 9.97 Å². The molecule has 144 valence electrons. The van der Waals surface area contributed by atoms with Crippen LogP contribution in [0.25, 0.3) is 28.4 Å². The van der Waals surface area contributed by atoms with Crippen molar-refractivity contribution in [1.29, 1.82) is 0 Å². The third-order valence-electron chi connectivity index (χ3n) is 4.91. The molecule has 2 aliphatic heterocycles. The van der Waals surface area contributed by atoms with Crippen LogP contribution < -0.4 is 18.9 Å². The maximum absolute atomic E-state index is 5.79. The smallest absolute Gasteiger partial charge is 0.253 e. The van der Waals surface area contributed by atoms with Crippen LogP contribution in [0.2, 0.25) is 0 Å². The summed E-state index contributed by atoms with van der Waals surface area (Å²) in [5.41, 5.74) is 2.65. The van der Waals surface area contributed by atoms with E-state index >= 15 is 0 Å². The average Bonchev–Trinajstić information content (AvgIpc) is 3.33. The normalized spacial score (nSPS) is 14.8. The van der Waals surface area contributed by atoms with Gasteiger partial charge in [0.1, 0.15) is 0 Å². The van der Waals surface area contributed by atoms with Gasteiger partial charge in [-0.2, -0.15) is 9.50 Å². The molecule has 4 heterocycles. The summed E-state index contributed by atoms with van der Waals surface area (Å²) >= 11 is 0. The maximum Gasteiger partial charge on any atom is 0.253 e. The molecule has 0 amide bonds. The van der Waals surface area contributed by atoms with Crippen LogP contribution in [0.1, 0.15) is 6.42 Å². The fourth-order valence-electron chi connectivity index (χ4n) is 3.49. The Kier molecular flexibility index (Phi) is 3.55. The van der Waals surface area contributed by atoms with E-state index in [1.165, 1.54) is 0 Å². The van der Waals surface area contributed by atoms with E-state index in [-0.39, 0.29) is 6.79 Å². The number of ether oxygens (including phenoxy) is 4. The minimum absolute atomic E-state index is 0.238. The van der Waals surface area contributed by atoms with Gasteiger partial charge in [0.15, 0.2) is 28.8 Å². The van der Waals surface area contributed by atoms with Crippen molar-refractivity contribution in [2.45, 2.75) is 6.42 Å². The summed E-state index contributed by atoms with van der Waals surface area (Å²) in [5, 5.41) is 4.70. The fraction of sp³-hybridized carbons (Fsp3) is 0.190. The molecular weight excluding hydrogens is 372 g/mol. The highest BCUT2D eigenvalue weighted by atomic mass is 16.7. The van der Waals surface area contributed by atoms with Gasteiger partial charge in [0.2, 0.25) is 6.79 Å². The summed E-state index contributed by atoms with van der Waals surface area (Å²) < 4.78 is 24.1. The first-order valence-electron chi connectivity index (χ1n) is 9.37. The van der Waals surface area contributed by atoms with Crippen LogP contribution in [0, 0.1) is 0 Å². The van der Waals surface area contributed by atoms with Gasteiger partial charge in [-0.1, -0.05) is 0 Å². The van der Waals surface area contributed by atoms with E-state index in [0.717, 1.165) is 40.5 Å². The van der Waals surface area contributed by atoms with E-state index in [1.807, 2.05) is 42.5 Å². The Labute approximate surface area is 165 Å². The summed E-state index contributed by atoms with van der Waals surface area (Å²) in [5.74, 6) is 4.00. The van der Waals surface area contributed by atoms with Gasteiger partial charge in [0, 0.05) is 23.7 Å². The van der Waals surface area contributed by atoms with E-state index in [4.69, 9.17) is 24.0 Å². The molecule has 0 spiro atoms. The van der Waals surface area contributed by atoms with Crippen LogP contribution in [0.15, 0.2) is 48.7 Å². The second-order valence-electron chi connectivity index (χ2n) is 6.76. The molecule has 8 nitrogen and oxygen atoms in total. The summed E-state index contributed by atoms with van der Waals surface area (Å²) in [4.78, 5) is 8.97. The molecule has 0 bridgehead atoms. The van der Waals surface area contributed by atoms with Crippen molar-refractivity contribution in [1.82, 2.24) is 19.6 Å². The zero-order valence-electron chi connectivity index (χ0n) is 15.4. The fourth-order valence-corrected chi connectivity index (χ4v) is 3.49. The lowest BCUT2D eigenvalue weighted by molar-refractivity contribution is 0.174. The van der Waals surface area contributed by atoms with Crippen LogP contribution in [-0.2, 0) is 0 Å². The lowest BCUT2D eigenvalue weighted by Gasteiger charge is -2.07. The number of nitrogens with zero attached hydrogens (tertiary/aromatic N) is 4. The number of rotatable bonds is 2. The lowest BCUT2D eigenvalue weighted by atomic mass is 10.1. The first-order chi connectivity index (χ1) is 14.3. The standard InChI is InChI=1S/C21H16N4O4/c1-8-26-16-5-3-14(11-18(16)27-9-1)20-23-21-22-7-6-15(25(21)24-20)13-2-4-17-19(10-13)29-12-28-17/h2-7,10-11H,1,8-9,12H2. The molecule has 0 saturated heterocycles. The van der Waals surface area contributed by atoms with Crippen molar-refractivity contribution >= 4 is 5.78 Å². The summed E-state index contributed by atoms with van der Waals surface area (Å²) in [6.07, 6.45) is 2.58. The van der Waals surface area contributed by atoms with E-state index in [9.17, 15) is 0 Å². The second-order valence-corrected chi connectivity index (χ2v) is 6.76. The third kappa shape index (κ3) is 2.72. The molecule has 8 heteroatoms. The third-order valence-corrected chi connectivity index (χ3v) is 4.91. The highest BCUT2D eigenvalue weighted by Gasteiger charge is 2.18. The molecular formula is C21H16N4O4. The van der Waals surface area contributed by atoms with Crippen molar-refractivity contribution in [2.24, 2.45) is 0 Å². The second kappa shape index (κ2) is 6.37.